The molecule has 0 bridgehead atoms. The predicted octanol–water partition coefficient (Wildman–Crippen LogP) is 5.20. The first kappa shape index (κ1) is 21.8. The number of ether oxygens (including phenoxy) is 1. The normalized spacial score (nSPS) is 15.4. The van der Waals surface area contributed by atoms with Crippen LogP contribution in [0.25, 0.3) is 0 Å². The van der Waals surface area contributed by atoms with E-state index in [4.69, 9.17) is 21.2 Å². The van der Waals surface area contributed by atoms with Gasteiger partial charge in [0.1, 0.15) is 6.61 Å². The molecule has 1 aliphatic rings. The van der Waals surface area contributed by atoms with Gasteiger partial charge >= 0.3 is 0 Å². The molecule has 2 aromatic rings. The second kappa shape index (κ2) is 12.6. The van der Waals surface area contributed by atoms with Crippen molar-refractivity contribution in [2.24, 2.45) is 5.16 Å². The van der Waals surface area contributed by atoms with Crippen molar-refractivity contribution in [2.75, 3.05) is 39.5 Å². The molecule has 0 radical (unpaired) electrons. The fourth-order valence-corrected chi connectivity index (χ4v) is 3.58. The molecule has 0 amide bonds. The molecule has 5 heteroatoms. The molecule has 4 nitrogen and oxygen atoms in total. The largest absolute Gasteiger partial charge is 0.396 e. The quantitative estimate of drug-likeness (QED) is 0.288. The van der Waals surface area contributed by atoms with Gasteiger partial charge in [0.2, 0.25) is 0 Å². The van der Waals surface area contributed by atoms with Gasteiger partial charge in [-0.3, -0.25) is 4.90 Å². The summed E-state index contributed by atoms with van der Waals surface area (Å²) < 4.78 is 5.39. The molecule has 0 aromatic heterocycles. The summed E-state index contributed by atoms with van der Waals surface area (Å²) in [6, 6.07) is 18.5. The van der Waals surface area contributed by atoms with Gasteiger partial charge in [0, 0.05) is 24.7 Å². The van der Waals surface area contributed by atoms with Gasteiger partial charge in [0.25, 0.3) is 0 Å². The van der Waals surface area contributed by atoms with E-state index in [9.17, 15) is 0 Å². The Labute approximate surface area is 179 Å². The van der Waals surface area contributed by atoms with Gasteiger partial charge in [-0.25, -0.2) is 0 Å². The minimum atomic E-state index is 0.637. The number of rotatable bonds is 11. The third kappa shape index (κ3) is 8.17. The highest BCUT2D eigenvalue weighted by Gasteiger charge is 2.09. The fraction of sp³-hybridized carbons (Fsp3) is 0.458. The lowest BCUT2D eigenvalue weighted by atomic mass is 10.0. The van der Waals surface area contributed by atoms with Gasteiger partial charge in [-0.15, -0.1) is 0 Å². The van der Waals surface area contributed by atoms with E-state index in [1.165, 1.54) is 5.56 Å². The van der Waals surface area contributed by atoms with E-state index in [0.717, 1.165) is 81.2 Å². The maximum atomic E-state index is 6.05. The second-order valence-corrected chi connectivity index (χ2v) is 7.81. The van der Waals surface area contributed by atoms with Gasteiger partial charge in [-0.1, -0.05) is 59.2 Å². The van der Waals surface area contributed by atoms with E-state index in [2.05, 4.69) is 40.4 Å². The Morgan fingerprint density at radius 3 is 2.48 bits per heavy atom. The smallest absolute Gasteiger partial charge is 0.118 e. The maximum absolute atomic E-state index is 6.05. The van der Waals surface area contributed by atoms with Crippen molar-refractivity contribution < 1.29 is 9.57 Å². The summed E-state index contributed by atoms with van der Waals surface area (Å²) in [7, 11) is 0. The van der Waals surface area contributed by atoms with Crippen LogP contribution in [0, 0.1) is 0 Å². The molecule has 1 heterocycles. The summed E-state index contributed by atoms with van der Waals surface area (Å²) in [5.41, 5.74) is 3.47. The Hall–Kier alpha value is -1.88. The van der Waals surface area contributed by atoms with Crippen molar-refractivity contribution in [2.45, 2.75) is 32.1 Å². The monoisotopic (exact) mass is 414 g/mol. The zero-order valence-electron chi connectivity index (χ0n) is 17.1. The SMILES string of the molecule is Clc1ccc(C(CCCCc2ccccc2)=NOCCCN2CCOCC2)cc1. The molecule has 29 heavy (non-hydrogen) atoms. The molecule has 0 aliphatic carbocycles. The number of benzene rings is 2. The lowest BCUT2D eigenvalue weighted by Gasteiger charge is -2.26. The molecule has 0 unspecified atom stereocenters. The third-order valence-electron chi connectivity index (χ3n) is 5.14. The molecule has 0 spiro atoms. The predicted molar refractivity (Wildman–Crippen MR) is 120 cm³/mol. The molecule has 3 rings (SSSR count). The Kier molecular flexibility index (Phi) is 9.51. The topological polar surface area (TPSA) is 34.1 Å². The summed E-state index contributed by atoms with van der Waals surface area (Å²) in [6.07, 6.45) is 5.18. The van der Waals surface area contributed by atoms with E-state index < -0.39 is 0 Å². The molecule has 0 atom stereocenters. The molecule has 2 aromatic carbocycles. The number of hydrogen-bond donors (Lipinski definition) is 0. The standard InChI is InChI=1S/C24H31ClN2O2/c25-23-13-11-22(12-14-23)24(10-5-4-9-21-7-2-1-3-8-21)26-29-18-6-15-27-16-19-28-20-17-27/h1-3,7-8,11-14H,4-6,9-10,15-20H2. The molecular formula is C24H31ClN2O2. The molecule has 0 N–H and O–H groups in total. The van der Waals surface area contributed by atoms with Crippen LogP contribution in [0.15, 0.2) is 59.8 Å². The van der Waals surface area contributed by atoms with Crippen LogP contribution in [-0.4, -0.2) is 50.1 Å². The van der Waals surface area contributed by atoms with Crippen LogP contribution in [0.1, 0.15) is 36.8 Å². The van der Waals surface area contributed by atoms with Crippen LogP contribution >= 0.6 is 11.6 Å². The Bertz CT molecular complexity index is 728. The van der Waals surface area contributed by atoms with Crippen LogP contribution in [0.3, 0.4) is 0 Å². The summed E-state index contributed by atoms with van der Waals surface area (Å²) in [6.45, 7) is 5.37. The van der Waals surface area contributed by atoms with E-state index in [0.29, 0.717) is 6.61 Å². The first-order chi connectivity index (χ1) is 14.3. The lowest BCUT2D eigenvalue weighted by molar-refractivity contribution is 0.0322. The zero-order valence-corrected chi connectivity index (χ0v) is 17.8. The van der Waals surface area contributed by atoms with Crippen LogP contribution in [0.4, 0.5) is 0 Å². The number of nitrogens with zero attached hydrogens (tertiary/aromatic N) is 2. The number of aryl methyl sites for hydroxylation is 1. The lowest BCUT2D eigenvalue weighted by Crippen LogP contribution is -2.37. The zero-order chi connectivity index (χ0) is 20.2. The van der Waals surface area contributed by atoms with E-state index >= 15 is 0 Å². The maximum Gasteiger partial charge on any atom is 0.118 e. The van der Waals surface area contributed by atoms with Crippen molar-refractivity contribution in [3.05, 3.63) is 70.7 Å². The van der Waals surface area contributed by atoms with Gasteiger partial charge in [-0.05, 0) is 55.4 Å². The van der Waals surface area contributed by atoms with Crippen LogP contribution in [0.2, 0.25) is 5.02 Å². The van der Waals surface area contributed by atoms with Gasteiger partial charge in [0.15, 0.2) is 0 Å². The fourth-order valence-electron chi connectivity index (χ4n) is 3.45. The average Bonchev–Trinajstić information content (AvgIpc) is 2.77. The molecule has 1 fully saturated rings. The van der Waals surface area contributed by atoms with Crippen LogP contribution < -0.4 is 0 Å². The van der Waals surface area contributed by atoms with Gasteiger partial charge in [0.05, 0.1) is 18.9 Å². The minimum Gasteiger partial charge on any atom is -0.396 e. The Morgan fingerprint density at radius 2 is 1.72 bits per heavy atom. The number of oxime groups is 1. The highest BCUT2D eigenvalue weighted by Crippen LogP contribution is 2.15. The molecule has 156 valence electrons. The minimum absolute atomic E-state index is 0.637. The number of halogens is 1. The van der Waals surface area contributed by atoms with Crippen molar-refractivity contribution >= 4 is 17.3 Å². The third-order valence-corrected chi connectivity index (χ3v) is 5.39. The van der Waals surface area contributed by atoms with E-state index in [1.54, 1.807) is 0 Å². The van der Waals surface area contributed by atoms with Crippen LogP contribution in [0.5, 0.6) is 0 Å². The molecule has 0 saturated carbocycles. The van der Waals surface area contributed by atoms with Crippen LogP contribution in [-0.2, 0) is 16.0 Å². The summed E-state index contributed by atoms with van der Waals surface area (Å²) in [5.74, 6) is 0. The average molecular weight is 415 g/mol. The second-order valence-electron chi connectivity index (χ2n) is 7.38. The number of hydrogen-bond acceptors (Lipinski definition) is 4. The van der Waals surface area contributed by atoms with Gasteiger partial charge < -0.3 is 9.57 Å². The molecule has 1 saturated heterocycles. The molecule has 1 aliphatic heterocycles. The first-order valence-electron chi connectivity index (χ1n) is 10.6. The van der Waals surface area contributed by atoms with Crippen molar-refractivity contribution in [3.63, 3.8) is 0 Å². The Morgan fingerprint density at radius 1 is 0.966 bits per heavy atom. The first-order valence-corrected chi connectivity index (χ1v) is 11.0. The summed E-state index contributed by atoms with van der Waals surface area (Å²) in [4.78, 5) is 8.10. The highest BCUT2D eigenvalue weighted by molar-refractivity contribution is 6.30. The Balaban J connectivity index is 1.46. The van der Waals surface area contributed by atoms with E-state index in [-0.39, 0.29) is 0 Å². The molecular weight excluding hydrogens is 384 g/mol. The highest BCUT2D eigenvalue weighted by atomic mass is 35.5. The van der Waals surface area contributed by atoms with E-state index in [1.807, 2.05) is 24.3 Å². The van der Waals surface area contributed by atoms with Crippen molar-refractivity contribution in [1.82, 2.24) is 4.90 Å². The number of morpholine rings is 1. The number of unbranched alkanes of at least 4 members (excludes halogenated alkanes) is 1. The van der Waals surface area contributed by atoms with Crippen molar-refractivity contribution in [1.29, 1.82) is 0 Å². The van der Waals surface area contributed by atoms with Crippen molar-refractivity contribution in [3.8, 4) is 0 Å². The van der Waals surface area contributed by atoms with Gasteiger partial charge in [-0.2, -0.15) is 0 Å². The summed E-state index contributed by atoms with van der Waals surface area (Å²) >= 11 is 6.05. The summed E-state index contributed by atoms with van der Waals surface area (Å²) in [5, 5.41) is 5.22.